The van der Waals surface area contributed by atoms with Gasteiger partial charge in [0.25, 0.3) is 0 Å². The summed E-state index contributed by atoms with van der Waals surface area (Å²) < 4.78 is 5.49. The summed E-state index contributed by atoms with van der Waals surface area (Å²) in [6, 6.07) is 3.98. The molecule has 20 heavy (non-hydrogen) atoms. The normalized spacial score (nSPS) is 14.8. The van der Waals surface area contributed by atoms with Crippen LogP contribution in [0.2, 0.25) is 0 Å². The van der Waals surface area contributed by atoms with Gasteiger partial charge in [-0.1, -0.05) is 6.58 Å². The Morgan fingerprint density at radius 2 is 2.05 bits per heavy atom. The minimum atomic E-state index is -0.208. The number of carbonyl (C=O) groups excluding carboxylic acids is 1. The smallest absolute Gasteiger partial charge is 0.247 e. The van der Waals surface area contributed by atoms with Crippen molar-refractivity contribution in [3.05, 3.63) is 30.4 Å². The molecule has 4 heteroatoms. The predicted octanol–water partition coefficient (Wildman–Crippen LogP) is 3.12. The van der Waals surface area contributed by atoms with Crippen molar-refractivity contribution in [2.75, 3.05) is 30.4 Å². The summed E-state index contributed by atoms with van der Waals surface area (Å²) in [7, 11) is 1.66. The molecule has 0 aliphatic carbocycles. The van der Waals surface area contributed by atoms with Crippen LogP contribution in [0.15, 0.2) is 24.8 Å². The number of amides is 1. The fraction of sp³-hybridized carbons (Fsp3) is 0.438. The number of hydrogen-bond donors (Lipinski definition) is 1. The van der Waals surface area contributed by atoms with Crippen molar-refractivity contribution in [3.63, 3.8) is 0 Å². The number of piperidine rings is 1. The molecule has 0 unspecified atom stereocenters. The Bertz CT molecular complexity index is 505. The second-order valence-electron chi connectivity index (χ2n) is 5.08. The zero-order valence-corrected chi connectivity index (χ0v) is 12.2. The standard InChI is InChI=1S/C16H22N2O2/c1-4-16(19)17-13-11-15(20-3)14(10-12(13)2)18-8-6-5-7-9-18/h4,10-11H,1,5-9H2,2-3H3,(H,17,19). The van der Waals surface area contributed by atoms with E-state index in [2.05, 4.69) is 22.9 Å². The highest BCUT2D eigenvalue weighted by atomic mass is 16.5. The van der Waals surface area contributed by atoms with Gasteiger partial charge in [0.05, 0.1) is 12.8 Å². The van der Waals surface area contributed by atoms with Gasteiger partial charge in [-0.25, -0.2) is 0 Å². The highest BCUT2D eigenvalue weighted by Crippen LogP contribution is 2.35. The Balaban J connectivity index is 2.31. The number of benzene rings is 1. The number of nitrogens with one attached hydrogen (secondary N) is 1. The van der Waals surface area contributed by atoms with Gasteiger partial charge < -0.3 is 15.0 Å². The van der Waals surface area contributed by atoms with Gasteiger partial charge in [0, 0.05) is 24.8 Å². The van der Waals surface area contributed by atoms with Crippen LogP contribution in [0.3, 0.4) is 0 Å². The van der Waals surface area contributed by atoms with E-state index in [-0.39, 0.29) is 5.91 Å². The summed E-state index contributed by atoms with van der Waals surface area (Å²) in [6.07, 6.45) is 5.00. The van der Waals surface area contributed by atoms with Crippen LogP contribution in [0.4, 0.5) is 11.4 Å². The number of rotatable bonds is 4. The van der Waals surface area contributed by atoms with Crippen molar-refractivity contribution >= 4 is 17.3 Å². The number of methoxy groups -OCH3 is 1. The molecule has 1 N–H and O–H groups in total. The lowest BCUT2D eigenvalue weighted by Gasteiger charge is -2.30. The quantitative estimate of drug-likeness (QED) is 0.858. The third-order valence-electron chi connectivity index (χ3n) is 3.67. The van der Waals surface area contributed by atoms with Crippen molar-refractivity contribution in [1.82, 2.24) is 0 Å². The van der Waals surface area contributed by atoms with Gasteiger partial charge in [0.15, 0.2) is 0 Å². The number of nitrogens with zero attached hydrogens (tertiary/aromatic N) is 1. The maximum absolute atomic E-state index is 11.4. The highest BCUT2D eigenvalue weighted by Gasteiger charge is 2.17. The Labute approximate surface area is 120 Å². The van der Waals surface area contributed by atoms with Crippen molar-refractivity contribution in [3.8, 4) is 5.75 Å². The average molecular weight is 274 g/mol. The zero-order valence-electron chi connectivity index (χ0n) is 12.2. The van der Waals surface area contributed by atoms with E-state index in [9.17, 15) is 4.79 Å². The molecular weight excluding hydrogens is 252 g/mol. The summed E-state index contributed by atoms with van der Waals surface area (Å²) in [6.45, 7) is 7.59. The summed E-state index contributed by atoms with van der Waals surface area (Å²) >= 11 is 0. The third kappa shape index (κ3) is 3.13. The molecule has 0 saturated carbocycles. The van der Waals surface area contributed by atoms with Crippen LogP contribution in [0.1, 0.15) is 24.8 Å². The van der Waals surface area contributed by atoms with Gasteiger partial charge in [-0.15, -0.1) is 0 Å². The third-order valence-corrected chi connectivity index (χ3v) is 3.67. The molecule has 1 aliphatic heterocycles. The minimum Gasteiger partial charge on any atom is -0.495 e. The molecule has 1 aromatic carbocycles. The monoisotopic (exact) mass is 274 g/mol. The van der Waals surface area contributed by atoms with E-state index in [0.717, 1.165) is 35.8 Å². The van der Waals surface area contributed by atoms with Gasteiger partial charge in [0.2, 0.25) is 5.91 Å². The van der Waals surface area contributed by atoms with E-state index in [1.54, 1.807) is 7.11 Å². The van der Waals surface area contributed by atoms with Crippen LogP contribution < -0.4 is 15.0 Å². The molecule has 1 aromatic rings. The van der Waals surface area contributed by atoms with Crippen molar-refractivity contribution in [1.29, 1.82) is 0 Å². The van der Waals surface area contributed by atoms with Crippen LogP contribution >= 0.6 is 0 Å². The molecule has 0 bridgehead atoms. The molecule has 0 radical (unpaired) electrons. The van der Waals surface area contributed by atoms with E-state index >= 15 is 0 Å². The lowest BCUT2D eigenvalue weighted by atomic mass is 10.1. The molecule has 2 rings (SSSR count). The maximum Gasteiger partial charge on any atom is 0.247 e. The summed E-state index contributed by atoms with van der Waals surface area (Å²) in [5.41, 5.74) is 2.91. The van der Waals surface area contributed by atoms with Crippen LogP contribution in [0.5, 0.6) is 5.75 Å². The Kier molecular flexibility index (Phi) is 4.66. The highest BCUT2D eigenvalue weighted by molar-refractivity contribution is 5.99. The van der Waals surface area contributed by atoms with Crippen molar-refractivity contribution in [2.45, 2.75) is 26.2 Å². The fourth-order valence-electron chi connectivity index (χ4n) is 2.54. The van der Waals surface area contributed by atoms with Crippen LogP contribution in [0, 0.1) is 6.92 Å². The summed E-state index contributed by atoms with van der Waals surface area (Å²) in [5, 5.41) is 2.81. The van der Waals surface area contributed by atoms with Gasteiger partial charge >= 0.3 is 0 Å². The molecule has 1 heterocycles. The zero-order chi connectivity index (χ0) is 14.5. The second-order valence-corrected chi connectivity index (χ2v) is 5.08. The number of aryl methyl sites for hydroxylation is 1. The number of anilines is 2. The van der Waals surface area contributed by atoms with Crippen LogP contribution in [0.25, 0.3) is 0 Å². The van der Waals surface area contributed by atoms with Gasteiger partial charge in [0.1, 0.15) is 5.75 Å². The molecule has 4 nitrogen and oxygen atoms in total. The molecule has 0 aromatic heterocycles. The summed E-state index contributed by atoms with van der Waals surface area (Å²) in [4.78, 5) is 13.8. The molecule has 1 aliphatic rings. The molecule has 1 fully saturated rings. The van der Waals surface area contributed by atoms with E-state index in [1.165, 1.54) is 25.3 Å². The van der Waals surface area contributed by atoms with Crippen molar-refractivity contribution < 1.29 is 9.53 Å². The Hall–Kier alpha value is -1.97. The summed E-state index contributed by atoms with van der Waals surface area (Å²) in [5.74, 6) is 0.595. The number of ether oxygens (including phenoxy) is 1. The topological polar surface area (TPSA) is 41.6 Å². The first kappa shape index (κ1) is 14.4. The van der Waals surface area contributed by atoms with E-state index in [0.29, 0.717) is 0 Å². The number of hydrogen-bond acceptors (Lipinski definition) is 3. The Morgan fingerprint density at radius 1 is 1.35 bits per heavy atom. The van der Waals surface area contributed by atoms with Gasteiger partial charge in [-0.3, -0.25) is 4.79 Å². The predicted molar refractivity (Wildman–Crippen MR) is 82.6 cm³/mol. The van der Waals surface area contributed by atoms with Gasteiger partial charge in [-0.2, -0.15) is 0 Å². The molecule has 0 spiro atoms. The average Bonchev–Trinajstić information content (AvgIpc) is 2.49. The molecule has 1 amide bonds. The first-order chi connectivity index (χ1) is 9.65. The van der Waals surface area contributed by atoms with E-state index in [4.69, 9.17) is 4.74 Å². The SMILES string of the molecule is C=CC(=O)Nc1cc(OC)c(N2CCCCC2)cc1C. The second kappa shape index (κ2) is 6.46. The van der Waals surface area contributed by atoms with Gasteiger partial charge in [-0.05, 0) is 43.9 Å². The lowest BCUT2D eigenvalue weighted by Crippen LogP contribution is -2.29. The first-order valence-corrected chi connectivity index (χ1v) is 7.02. The maximum atomic E-state index is 11.4. The lowest BCUT2D eigenvalue weighted by molar-refractivity contribution is -0.111. The van der Waals surface area contributed by atoms with Crippen LogP contribution in [-0.4, -0.2) is 26.1 Å². The molecular formula is C16H22N2O2. The fourth-order valence-corrected chi connectivity index (χ4v) is 2.54. The Morgan fingerprint density at radius 3 is 2.65 bits per heavy atom. The van der Waals surface area contributed by atoms with E-state index in [1.807, 2.05) is 13.0 Å². The molecule has 108 valence electrons. The first-order valence-electron chi connectivity index (χ1n) is 7.02. The molecule has 0 atom stereocenters. The molecule has 1 saturated heterocycles. The van der Waals surface area contributed by atoms with E-state index < -0.39 is 0 Å². The van der Waals surface area contributed by atoms with Crippen LogP contribution in [-0.2, 0) is 4.79 Å². The minimum absolute atomic E-state index is 0.208. The largest absolute Gasteiger partial charge is 0.495 e. The number of carbonyl (C=O) groups is 1. The van der Waals surface area contributed by atoms with Crippen molar-refractivity contribution in [2.24, 2.45) is 0 Å².